The van der Waals surface area contributed by atoms with E-state index in [9.17, 15) is 9.90 Å². The number of ether oxygens (including phenoxy) is 1. The maximum atomic E-state index is 11.6. The van der Waals surface area contributed by atoms with Crippen molar-refractivity contribution in [1.29, 1.82) is 0 Å². The maximum absolute atomic E-state index is 11.6. The fourth-order valence-electron chi connectivity index (χ4n) is 2.48. The van der Waals surface area contributed by atoms with Crippen molar-refractivity contribution in [3.8, 4) is 0 Å². The number of hydrogen-bond acceptors (Lipinski definition) is 4. The first kappa shape index (κ1) is 11.0. The van der Waals surface area contributed by atoms with E-state index in [4.69, 9.17) is 4.74 Å². The van der Waals surface area contributed by atoms with E-state index in [0.717, 1.165) is 25.9 Å². The molecule has 2 atom stereocenters. The number of aliphatic hydroxyl groups excluding tert-OH is 1. The average molecular weight is 213 g/mol. The summed E-state index contributed by atoms with van der Waals surface area (Å²) >= 11 is 0. The van der Waals surface area contributed by atoms with Gasteiger partial charge in [-0.25, -0.2) is 0 Å². The molecule has 0 aromatic carbocycles. The average Bonchev–Trinajstić information content (AvgIpc) is 2.69. The molecular weight excluding hydrogens is 194 g/mol. The minimum absolute atomic E-state index is 0.0332. The van der Waals surface area contributed by atoms with Crippen LogP contribution in [0.4, 0.5) is 0 Å². The Balaban J connectivity index is 1.86. The molecule has 0 aromatic heterocycles. The number of ketones is 1. The molecule has 0 saturated carbocycles. The van der Waals surface area contributed by atoms with Gasteiger partial charge in [0.25, 0.3) is 0 Å². The van der Waals surface area contributed by atoms with Gasteiger partial charge in [0, 0.05) is 19.0 Å². The molecule has 2 heterocycles. The molecule has 15 heavy (non-hydrogen) atoms. The van der Waals surface area contributed by atoms with Gasteiger partial charge in [0.05, 0.1) is 25.7 Å². The topological polar surface area (TPSA) is 49.8 Å². The summed E-state index contributed by atoms with van der Waals surface area (Å²) in [7, 11) is 0. The van der Waals surface area contributed by atoms with Crippen LogP contribution < -0.4 is 0 Å². The Hall–Kier alpha value is -0.450. The number of aliphatic hydroxyl groups is 1. The van der Waals surface area contributed by atoms with Gasteiger partial charge in [0.2, 0.25) is 0 Å². The predicted octanol–water partition coefficient (Wildman–Crippen LogP) is 0.0487. The number of nitrogens with zero attached hydrogens (tertiary/aromatic N) is 1. The fraction of sp³-hybridized carbons (Fsp3) is 0.909. The zero-order valence-electron chi connectivity index (χ0n) is 9.02. The van der Waals surface area contributed by atoms with Crippen molar-refractivity contribution in [2.75, 3.05) is 32.9 Å². The van der Waals surface area contributed by atoms with Crippen molar-refractivity contribution >= 4 is 5.78 Å². The zero-order valence-corrected chi connectivity index (χ0v) is 9.02. The first-order valence-corrected chi connectivity index (χ1v) is 5.76. The Labute approximate surface area is 90.2 Å². The molecule has 2 rings (SSSR count). The Morgan fingerprint density at radius 2 is 2.40 bits per heavy atom. The Morgan fingerprint density at radius 1 is 1.53 bits per heavy atom. The number of rotatable bonds is 3. The third kappa shape index (κ3) is 2.56. The molecule has 0 aliphatic carbocycles. The number of hydrogen-bond donors (Lipinski definition) is 1. The monoisotopic (exact) mass is 213 g/mol. The Kier molecular flexibility index (Phi) is 3.72. The number of carbonyl (C=O) groups is 1. The van der Waals surface area contributed by atoms with Crippen LogP contribution in [0.3, 0.4) is 0 Å². The molecule has 86 valence electrons. The molecule has 2 aliphatic rings. The summed E-state index contributed by atoms with van der Waals surface area (Å²) in [5.74, 6) is 0.357. The predicted molar refractivity (Wildman–Crippen MR) is 55.6 cm³/mol. The second kappa shape index (κ2) is 5.05. The van der Waals surface area contributed by atoms with E-state index in [2.05, 4.69) is 4.90 Å². The second-order valence-corrected chi connectivity index (χ2v) is 4.46. The first-order valence-electron chi connectivity index (χ1n) is 5.76. The van der Waals surface area contributed by atoms with Crippen molar-refractivity contribution in [3.05, 3.63) is 0 Å². The second-order valence-electron chi connectivity index (χ2n) is 4.46. The summed E-state index contributed by atoms with van der Waals surface area (Å²) in [6, 6.07) is 0.264. The fourth-order valence-corrected chi connectivity index (χ4v) is 2.48. The van der Waals surface area contributed by atoms with Gasteiger partial charge in [0.1, 0.15) is 5.78 Å². The van der Waals surface area contributed by atoms with Crippen LogP contribution in [0.15, 0.2) is 0 Å². The number of likely N-dealkylation sites (tertiary alicyclic amines) is 1. The quantitative estimate of drug-likeness (QED) is 0.719. The molecule has 1 N–H and O–H groups in total. The molecular formula is C11H19NO3. The van der Waals surface area contributed by atoms with E-state index < -0.39 is 0 Å². The standard InChI is InChI=1S/C11H19NO3/c13-7-10-2-1-4-12(10)6-9-8-15-5-3-11(9)14/h9-10,13H,1-8H2. The summed E-state index contributed by atoms with van der Waals surface area (Å²) < 4.78 is 5.32. The van der Waals surface area contributed by atoms with E-state index in [0.29, 0.717) is 25.4 Å². The van der Waals surface area contributed by atoms with Crippen molar-refractivity contribution in [2.45, 2.75) is 25.3 Å². The molecule has 0 bridgehead atoms. The van der Waals surface area contributed by atoms with Crippen molar-refractivity contribution < 1.29 is 14.6 Å². The molecule has 0 radical (unpaired) electrons. The number of Topliss-reactive ketones (excluding diaryl/α,β-unsaturated/α-hetero) is 1. The highest BCUT2D eigenvalue weighted by molar-refractivity contribution is 5.82. The van der Waals surface area contributed by atoms with E-state index in [1.54, 1.807) is 0 Å². The zero-order chi connectivity index (χ0) is 10.7. The minimum Gasteiger partial charge on any atom is -0.395 e. The third-order valence-corrected chi connectivity index (χ3v) is 3.43. The summed E-state index contributed by atoms with van der Waals surface area (Å²) in [4.78, 5) is 13.8. The molecule has 0 spiro atoms. The summed E-state index contributed by atoms with van der Waals surface area (Å²) in [6.07, 6.45) is 2.74. The lowest BCUT2D eigenvalue weighted by Gasteiger charge is -2.29. The molecule has 4 heteroatoms. The van der Waals surface area contributed by atoms with Gasteiger partial charge in [0.15, 0.2) is 0 Å². The van der Waals surface area contributed by atoms with Gasteiger partial charge in [-0.2, -0.15) is 0 Å². The van der Waals surface area contributed by atoms with E-state index in [-0.39, 0.29) is 18.6 Å². The Morgan fingerprint density at radius 3 is 3.13 bits per heavy atom. The van der Waals surface area contributed by atoms with Crippen LogP contribution in [-0.2, 0) is 9.53 Å². The molecule has 2 saturated heterocycles. The van der Waals surface area contributed by atoms with Crippen molar-refractivity contribution in [1.82, 2.24) is 4.90 Å². The van der Waals surface area contributed by atoms with E-state index in [1.165, 1.54) is 0 Å². The molecule has 0 amide bonds. The van der Waals surface area contributed by atoms with E-state index >= 15 is 0 Å². The third-order valence-electron chi connectivity index (χ3n) is 3.43. The molecule has 2 fully saturated rings. The van der Waals surface area contributed by atoms with Gasteiger partial charge in [-0.05, 0) is 19.4 Å². The van der Waals surface area contributed by atoms with Gasteiger partial charge in [-0.15, -0.1) is 0 Å². The van der Waals surface area contributed by atoms with Crippen LogP contribution in [0, 0.1) is 5.92 Å². The maximum Gasteiger partial charge on any atom is 0.141 e. The highest BCUT2D eigenvalue weighted by Crippen LogP contribution is 2.20. The normalized spacial score (nSPS) is 33.5. The van der Waals surface area contributed by atoms with Crippen molar-refractivity contribution in [2.24, 2.45) is 5.92 Å². The van der Waals surface area contributed by atoms with Crippen LogP contribution >= 0.6 is 0 Å². The lowest BCUT2D eigenvalue weighted by Crippen LogP contribution is -2.41. The van der Waals surface area contributed by atoms with Crippen LogP contribution in [0.1, 0.15) is 19.3 Å². The van der Waals surface area contributed by atoms with E-state index in [1.807, 2.05) is 0 Å². The highest BCUT2D eigenvalue weighted by atomic mass is 16.5. The Bertz CT molecular complexity index is 232. The SMILES string of the molecule is O=C1CCOCC1CN1CCCC1CO. The van der Waals surface area contributed by atoms with Gasteiger partial charge < -0.3 is 9.84 Å². The minimum atomic E-state index is 0.0332. The summed E-state index contributed by atoms with van der Waals surface area (Å²) in [5.41, 5.74) is 0. The van der Waals surface area contributed by atoms with Gasteiger partial charge >= 0.3 is 0 Å². The van der Waals surface area contributed by atoms with Crippen LogP contribution in [0.25, 0.3) is 0 Å². The van der Waals surface area contributed by atoms with Gasteiger partial charge in [-0.1, -0.05) is 0 Å². The summed E-state index contributed by atoms with van der Waals surface area (Å²) in [6.45, 7) is 3.13. The van der Waals surface area contributed by atoms with Crippen LogP contribution in [-0.4, -0.2) is 54.7 Å². The lowest BCUT2D eigenvalue weighted by molar-refractivity contribution is -0.131. The summed E-state index contributed by atoms with van der Waals surface area (Å²) in [5, 5.41) is 9.17. The molecule has 2 unspecified atom stereocenters. The highest BCUT2D eigenvalue weighted by Gasteiger charge is 2.30. The molecule has 0 aromatic rings. The largest absolute Gasteiger partial charge is 0.395 e. The first-order chi connectivity index (χ1) is 7.31. The number of carbonyl (C=O) groups excluding carboxylic acids is 1. The van der Waals surface area contributed by atoms with Gasteiger partial charge in [-0.3, -0.25) is 9.69 Å². The van der Waals surface area contributed by atoms with Crippen molar-refractivity contribution in [3.63, 3.8) is 0 Å². The molecule has 2 aliphatic heterocycles. The smallest absolute Gasteiger partial charge is 0.141 e. The van der Waals surface area contributed by atoms with Crippen LogP contribution in [0.2, 0.25) is 0 Å². The lowest BCUT2D eigenvalue weighted by atomic mass is 10.00. The molecule has 4 nitrogen and oxygen atoms in total. The van der Waals surface area contributed by atoms with Crippen LogP contribution in [0.5, 0.6) is 0 Å².